The maximum Gasteiger partial charge on any atom is 0.319 e. The summed E-state index contributed by atoms with van der Waals surface area (Å²) in [5, 5.41) is 4.75. The highest BCUT2D eigenvalue weighted by Crippen LogP contribution is 2.47. The van der Waals surface area contributed by atoms with Crippen LogP contribution in [0.4, 0.5) is 23.4 Å². The molecule has 7 rings (SSSR count). The average molecular weight is 944 g/mol. The molecule has 3 fully saturated rings. The first kappa shape index (κ1) is 49.9. The zero-order chi connectivity index (χ0) is 48.2. The maximum absolute atomic E-state index is 18.2. The Balaban J connectivity index is 1.52. The van der Waals surface area contributed by atoms with Crippen molar-refractivity contribution in [3.8, 4) is 34.4 Å². The number of likely N-dealkylation sites (tertiary alicyclic amines) is 1. The highest BCUT2D eigenvalue weighted by Gasteiger charge is 2.47. The number of anilines is 1. The van der Waals surface area contributed by atoms with E-state index in [-0.39, 0.29) is 85.5 Å². The number of nitrogens with one attached hydrogen (secondary N) is 1. The van der Waals surface area contributed by atoms with Crippen molar-refractivity contribution in [2.45, 2.75) is 155 Å². The Morgan fingerprint density at radius 2 is 1.47 bits per heavy atom. The Kier molecular flexibility index (Phi) is 14.5. The summed E-state index contributed by atoms with van der Waals surface area (Å²) in [6.45, 7) is 30.8. The lowest BCUT2D eigenvalue weighted by Gasteiger charge is -2.42. The van der Waals surface area contributed by atoms with Crippen molar-refractivity contribution < 1.29 is 26.7 Å². The van der Waals surface area contributed by atoms with E-state index in [9.17, 15) is 4.39 Å². The summed E-state index contributed by atoms with van der Waals surface area (Å²) in [4.78, 5) is 13.8. The molecule has 0 saturated carbocycles. The number of halogens is 4. The van der Waals surface area contributed by atoms with Crippen LogP contribution < -0.4 is 19.4 Å². The van der Waals surface area contributed by atoms with Crippen LogP contribution in [0.15, 0.2) is 42.2 Å². The van der Waals surface area contributed by atoms with Crippen LogP contribution in [-0.4, -0.2) is 83.2 Å². The van der Waals surface area contributed by atoms with Gasteiger partial charge in [0.25, 0.3) is 8.32 Å². The topological polar surface area (TPSA) is 62.8 Å². The molecule has 1 aromatic heterocycles. The largest absolute Gasteiger partial charge is 0.543 e. The zero-order valence-electron chi connectivity index (χ0n) is 41.9. The number of hydrogen-bond donors (Lipinski definition) is 1. The van der Waals surface area contributed by atoms with Gasteiger partial charge in [-0.05, 0) is 94.8 Å². The van der Waals surface area contributed by atoms with Gasteiger partial charge < -0.3 is 24.3 Å². The third-order valence-corrected chi connectivity index (χ3v) is 28.0. The minimum atomic E-state index is -2.60. The Labute approximate surface area is 393 Å². The molecule has 0 aliphatic carbocycles. The number of piperidine rings is 1. The second kappa shape index (κ2) is 19.2. The maximum atomic E-state index is 18.2. The molecule has 4 aromatic rings. The molecule has 3 aliphatic rings. The van der Waals surface area contributed by atoms with Crippen LogP contribution in [0.25, 0.3) is 32.8 Å². The monoisotopic (exact) mass is 944 g/mol. The van der Waals surface area contributed by atoms with Gasteiger partial charge in [0.05, 0.1) is 17.5 Å². The van der Waals surface area contributed by atoms with E-state index in [1.165, 1.54) is 12.1 Å². The van der Waals surface area contributed by atoms with Crippen LogP contribution in [0.2, 0.25) is 33.2 Å². The summed E-state index contributed by atoms with van der Waals surface area (Å²) in [7, 11) is -3.00. The van der Waals surface area contributed by atoms with Crippen molar-refractivity contribution in [1.29, 1.82) is 0 Å². The Morgan fingerprint density at radius 1 is 0.848 bits per heavy atom. The van der Waals surface area contributed by atoms with Gasteiger partial charge in [-0.1, -0.05) is 102 Å². The Bertz CT molecular complexity index is 2500. The van der Waals surface area contributed by atoms with E-state index in [4.69, 9.17) is 19.1 Å². The fraction of sp³-hybridized carbons (Fsp3) is 0.585. The van der Waals surface area contributed by atoms with Crippen LogP contribution in [0.3, 0.4) is 0 Å². The second-order valence-electron chi connectivity index (χ2n) is 21.8. The smallest absolute Gasteiger partial charge is 0.319 e. The quantitative estimate of drug-likeness (QED) is 0.0814. The normalized spacial score (nSPS) is 21.5. The van der Waals surface area contributed by atoms with Gasteiger partial charge in [0.2, 0.25) is 0 Å². The van der Waals surface area contributed by atoms with Crippen molar-refractivity contribution >= 4 is 43.9 Å². The van der Waals surface area contributed by atoms with Crippen molar-refractivity contribution in [3.63, 3.8) is 0 Å². The molecule has 2 bridgehead atoms. The molecule has 66 heavy (non-hydrogen) atoms. The van der Waals surface area contributed by atoms with E-state index in [0.29, 0.717) is 60.3 Å². The first-order valence-electron chi connectivity index (χ1n) is 24.4. The zero-order valence-corrected chi connectivity index (χ0v) is 43.9. The molecule has 0 unspecified atom stereocenters. The minimum Gasteiger partial charge on any atom is -0.543 e. The average Bonchev–Trinajstić information content (AvgIpc) is 3.58. The van der Waals surface area contributed by atoms with E-state index < -0.39 is 39.3 Å². The second-order valence-corrected chi connectivity index (χ2v) is 32.8. The summed E-state index contributed by atoms with van der Waals surface area (Å²) in [6.07, 6.45) is 3.19. The number of nitrogens with zero attached hydrogens (tertiary/aromatic N) is 4. The molecule has 1 N–H and O–H groups in total. The molecule has 3 saturated heterocycles. The number of aromatic nitrogens is 2. The summed E-state index contributed by atoms with van der Waals surface area (Å²) in [5.74, 6) is 1.91. The fourth-order valence-corrected chi connectivity index (χ4v) is 23.0. The van der Waals surface area contributed by atoms with E-state index in [1.807, 2.05) is 20.0 Å². The molecule has 0 radical (unpaired) electrons. The van der Waals surface area contributed by atoms with Gasteiger partial charge >= 0.3 is 6.01 Å². The highest BCUT2D eigenvalue weighted by molar-refractivity contribution is 6.90. The molecule has 3 aromatic carbocycles. The third kappa shape index (κ3) is 8.93. The van der Waals surface area contributed by atoms with E-state index >= 15 is 13.2 Å². The summed E-state index contributed by atoms with van der Waals surface area (Å²) in [6, 6.07) is 8.31. The number of hydrogen-bond acceptors (Lipinski definition) is 7. The molecule has 4 heterocycles. The number of piperazine rings is 1. The SMILES string of the molecule is CC(C)[Si](C#Cc1c(F)ccc2cc(O[Si](C(C)C)(C(C)C)C(C)C)cc(-c3c(F)cc4c(N5C[C@H]6CC[C@@H](C5)N6)nc(OC[C@]5(C)CN(C)CC/C5=C\F)nc4c3F)c12)(C(C)C)C(C)C. The van der Waals surface area contributed by atoms with Crippen LogP contribution in [-0.2, 0) is 0 Å². The van der Waals surface area contributed by atoms with Gasteiger partial charge in [0.1, 0.15) is 43.4 Å². The van der Waals surface area contributed by atoms with Gasteiger partial charge in [-0.15, -0.1) is 5.54 Å². The Hall–Kier alpha value is -3.97. The predicted octanol–water partition coefficient (Wildman–Crippen LogP) is 13.5. The van der Waals surface area contributed by atoms with Gasteiger partial charge in [0, 0.05) is 60.0 Å². The van der Waals surface area contributed by atoms with Crippen molar-refractivity contribution in [2.75, 3.05) is 44.7 Å². The molecular formula is C53H73F4N5O2Si2. The lowest BCUT2D eigenvalue weighted by molar-refractivity contribution is 0.109. The molecule has 3 atom stereocenters. The van der Waals surface area contributed by atoms with Crippen molar-refractivity contribution in [3.05, 3.63) is 65.2 Å². The predicted molar refractivity (Wildman–Crippen MR) is 269 cm³/mol. The summed E-state index contributed by atoms with van der Waals surface area (Å²) < 4.78 is 80.5. The molecular weight excluding hydrogens is 871 g/mol. The van der Waals surface area contributed by atoms with Crippen LogP contribution >= 0.6 is 0 Å². The number of ether oxygens (including phenoxy) is 1. The number of benzene rings is 3. The summed E-state index contributed by atoms with van der Waals surface area (Å²) in [5.41, 5.74) is 4.88. The highest BCUT2D eigenvalue weighted by atomic mass is 28.4. The van der Waals surface area contributed by atoms with E-state index in [0.717, 1.165) is 19.4 Å². The van der Waals surface area contributed by atoms with Gasteiger partial charge in [-0.3, -0.25) is 0 Å². The summed E-state index contributed by atoms with van der Waals surface area (Å²) >= 11 is 0. The van der Waals surface area contributed by atoms with E-state index in [2.05, 4.69) is 110 Å². The van der Waals surface area contributed by atoms with Gasteiger partial charge in [0.15, 0.2) is 5.82 Å². The van der Waals surface area contributed by atoms with Crippen LogP contribution in [0.1, 0.15) is 115 Å². The first-order valence-corrected chi connectivity index (χ1v) is 28.8. The molecule has 358 valence electrons. The van der Waals surface area contributed by atoms with Gasteiger partial charge in [-0.25, -0.2) is 17.6 Å². The van der Waals surface area contributed by atoms with E-state index in [1.54, 1.807) is 12.1 Å². The van der Waals surface area contributed by atoms with Gasteiger partial charge in [-0.2, -0.15) is 9.97 Å². The third-order valence-electron chi connectivity index (χ3n) is 15.7. The lowest BCUT2D eigenvalue weighted by Crippen LogP contribution is -2.51. The lowest BCUT2D eigenvalue weighted by atomic mass is 9.78. The van der Waals surface area contributed by atoms with Crippen molar-refractivity contribution in [1.82, 2.24) is 20.2 Å². The molecule has 7 nitrogen and oxygen atoms in total. The molecule has 0 amide bonds. The minimum absolute atomic E-state index is 0.0486. The molecule has 13 heteroatoms. The van der Waals surface area contributed by atoms with Crippen molar-refractivity contribution in [2.24, 2.45) is 5.41 Å². The fourth-order valence-electron chi connectivity index (χ4n) is 12.6. The van der Waals surface area contributed by atoms with Crippen LogP contribution in [0, 0.1) is 34.3 Å². The molecule has 3 aliphatic heterocycles. The number of rotatable bonds is 13. The van der Waals surface area contributed by atoms with Crippen LogP contribution in [0.5, 0.6) is 11.8 Å². The standard InChI is InChI=1S/C53H73F4N5O2Si2/c1-31(2)65(32(3)4,33(5)6)22-20-42-45(55)18-15-37-23-41(64-66(34(7)8,35(9)10)36(11)12)24-43(47(37)42)48-46(56)25-44-50(49(48)57)59-52(60-51(44)62-27-39-16-17-40(28-62)58-39)63-30-53(13)29-61(14)21-19-38(53)26-54/h15,18,23-26,31-36,39-40,58H,16-17,19,21,27-30H2,1-14H3/b38-26+/t39-,40+,53-/m0/s1. The molecule has 0 spiro atoms. The number of fused-ring (bicyclic) bond motifs is 4. The Morgan fingerprint density at radius 3 is 2.05 bits per heavy atom. The first-order chi connectivity index (χ1) is 31.1.